The van der Waals surface area contributed by atoms with Gasteiger partial charge in [-0.2, -0.15) is 15.1 Å². The van der Waals surface area contributed by atoms with E-state index in [0.29, 0.717) is 5.17 Å². The summed E-state index contributed by atoms with van der Waals surface area (Å²) in [6, 6.07) is 7.56. The van der Waals surface area contributed by atoms with Crippen molar-refractivity contribution in [3.05, 3.63) is 39.9 Å². The van der Waals surface area contributed by atoms with Crippen LogP contribution in [0.15, 0.2) is 44.4 Å². The molecule has 1 amide bonds. The van der Waals surface area contributed by atoms with Gasteiger partial charge in [-0.25, -0.2) is 0 Å². The third kappa shape index (κ3) is 3.67. The number of halogens is 1. The zero-order valence-electron chi connectivity index (χ0n) is 13.3. The molecule has 0 bridgehead atoms. The second-order valence-corrected chi connectivity index (χ2v) is 7.48. The van der Waals surface area contributed by atoms with E-state index in [2.05, 4.69) is 32.9 Å². The summed E-state index contributed by atoms with van der Waals surface area (Å²) in [4.78, 5) is 16.4. The Morgan fingerprint density at radius 1 is 1.29 bits per heavy atom. The molecule has 0 spiro atoms. The molecule has 2 aliphatic rings. The quantitative estimate of drug-likeness (QED) is 0.573. The Balaban J connectivity index is 1.82. The third-order valence-corrected chi connectivity index (χ3v) is 5.17. The number of nitrogens with one attached hydrogen (secondary N) is 1. The predicted octanol–water partition coefficient (Wildman–Crippen LogP) is 4.65. The van der Waals surface area contributed by atoms with Crippen molar-refractivity contribution in [1.82, 2.24) is 5.01 Å². The molecule has 0 unspecified atom stereocenters. The van der Waals surface area contributed by atoms with Gasteiger partial charge in [0.2, 0.25) is 5.17 Å². The van der Waals surface area contributed by atoms with E-state index in [1.165, 1.54) is 16.8 Å². The van der Waals surface area contributed by atoms with Crippen molar-refractivity contribution < 1.29 is 4.79 Å². The first-order chi connectivity index (χ1) is 11.6. The van der Waals surface area contributed by atoms with Crippen molar-refractivity contribution in [3.63, 3.8) is 0 Å². The van der Waals surface area contributed by atoms with Gasteiger partial charge in [0.1, 0.15) is 5.04 Å². The van der Waals surface area contributed by atoms with Crippen molar-refractivity contribution >= 4 is 55.7 Å². The average Bonchev–Trinajstić information content (AvgIpc) is 2.96. The van der Waals surface area contributed by atoms with E-state index >= 15 is 0 Å². The van der Waals surface area contributed by atoms with Crippen molar-refractivity contribution in [2.24, 2.45) is 10.1 Å². The molecule has 0 aromatic heterocycles. The summed E-state index contributed by atoms with van der Waals surface area (Å²) in [5.41, 5.74) is 1.11. The van der Waals surface area contributed by atoms with Gasteiger partial charge in [-0.1, -0.05) is 47.8 Å². The second-order valence-electron chi connectivity index (χ2n) is 5.52. The number of amides is 1. The number of rotatable bonds is 5. The molecule has 0 aliphatic carbocycles. The number of hydrazone groups is 1. The first kappa shape index (κ1) is 17.1. The lowest BCUT2D eigenvalue weighted by molar-refractivity contribution is -0.114. The Morgan fingerprint density at radius 3 is 2.75 bits per heavy atom. The number of aliphatic imine (C=N–C) groups is 1. The number of benzene rings is 1. The standard InChI is InChI=1S/C17H17BrN4OS/c1-2-3-4-5-14-21-22-15(19)13(16(23)20-17(22)24-14)10-11-6-8-12(18)9-7-11/h6-10,19H,2-5H2,1H3/b13-10-,19-15?. The highest BCUT2D eigenvalue weighted by atomic mass is 79.9. The minimum Gasteiger partial charge on any atom is -0.282 e. The number of hydrogen-bond donors (Lipinski definition) is 1. The van der Waals surface area contributed by atoms with Crippen LogP contribution in [0.5, 0.6) is 0 Å². The summed E-state index contributed by atoms with van der Waals surface area (Å²) in [7, 11) is 0. The van der Waals surface area contributed by atoms with Crippen molar-refractivity contribution in [3.8, 4) is 0 Å². The van der Waals surface area contributed by atoms with Crippen LogP contribution >= 0.6 is 27.7 Å². The Hall–Kier alpha value is -1.73. The van der Waals surface area contributed by atoms with E-state index in [4.69, 9.17) is 5.41 Å². The molecule has 1 aromatic carbocycles. The monoisotopic (exact) mass is 404 g/mol. The van der Waals surface area contributed by atoms with Crippen LogP contribution in [0.3, 0.4) is 0 Å². The molecule has 5 nitrogen and oxygen atoms in total. The van der Waals surface area contributed by atoms with Crippen molar-refractivity contribution in [2.45, 2.75) is 32.6 Å². The lowest BCUT2D eigenvalue weighted by Gasteiger charge is -2.20. The Kier molecular flexibility index (Phi) is 5.30. The van der Waals surface area contributed by atoms with Crippen LogP contribution in [0.2, 0.25) is 0 Å². The van der Waals surface area contributed by atoms with Crippen LogP contribution < -0.4 is 0 Å². The van der Waals surface area contributed by atoms with Gasteiger partial charge in [-0.3, -0.25) is 10.2 Å². The number of amidine groups is 2. The second kappa shape index (κ2) is 7.44. The molecule has 0 atom stereocenters. The van der Waals surface area contributed by atoms with Gasteiger partial charge in [-0.05, 0) is 48.4 Å². The third-order valence-electron chi connectivity index (χ3n) is 3.67. The maximum atomic E-state index is 12.3. The topological polar surface area (TPSA) is 68.9 Å². The number of nitrogens with zero attached hydrogens (tertiary/aromatic N) is 3. The summed E-state index contributed by atoms with van der Waals surface area (Å²) in [6.45, 7) is 2.16. The molecule has 0 fully saturated rings. The minimum absolute atomic E-state index is 0.0888. The first-order valence-corrected chi connectivity index (χ1v) is 9.44. The van der Waals surface area contributed by atoms with Gasteiger partial charge < -0.3 is 0 Å². The smallest absolute Gasteiger partial charge is 0.282 e. The van der Waals surface area contributed by atoms with E-state index in [1.54, 1.807) is 6.08 Å². The molecular weight excluding hydrogens is 388 g/mol. The van der Waals surface area contributed by atoms with Gasteiger partial charge in [0.25, 0.3) is 5.91 Å². The normalized spacial score (nSPS) is 18.8. The van der Waals surface area contributed by atoms with Gasteiger partial charge in [0.15, 0.2) is 5.84 Å². The number of carbonyl (C=O) groups excluding carboxylic acids is 1. The zero-order valence-corrected chi connectivity index (χ0v) is 15.7. The number of unbranched alkanes of at least 4 members (excludes halogenated alkanes) is 2. The highest BCUT2D eigenvalue weighted by molar-refractivity contribution is 9.10. The average molecular weight is 405 g/mol. The van der Waals surface area contributed by atoms with Crippen molar-refractivity contribution in [1.29, 1.82) is 5.41 Å². The molecule has 1 aromatic rings. The summed E-state index contributed by atoms with van der Waals surface area (Å²) >= 11 is 4.78. The maximum Gasteiger partial charge on any atom is 0.283 e. The fraction of sp³-hybridized carbons (Fsp3) is 0.294. The summed E-state index contributed by atoms with van der Waals surface area (Å²) < 4.78 is 0.965. The molecule has 1 N–H and O–H groups in total. The lowest BCUT2D eigenvalue weighted by Crippen LogP contribution is -2.35. The Bertz CT molecular complexity index is 767. The fourth-order valence-electron chi connectivity index (χ4n) is 2.38. The zero-order chi connectivity index (χ0) is 17.1. The SMILES string of the molecule is CCCCCC1=NN2C(=N)/C(=C/c3ccc(Br)cc3)C(=O)N=C2S1. The van der Waals surface area contributed by atoms with Gasteiger partial charge in [0.05, 0.1) is 5.57 Å². The maximum absolute atomic E-state index is 12.3. The highest BCUT2D eigenvalue weighted by Crippen LogP contribution is 2.30. The van der Waals surface area contributed by atoms with E-state index in [9.17, 15) is 4.79 Å². The molecule has 2 heterocycles. The summed E-state index contributed by atoms with van der Waals surface area (Å²) in [5.74, 6) is -0.294. The summed E-state index contributed by atoms with van der Waals surface area (Å²) in [6.07, 6.45) is 5.91. The van der Waals surface area contributed by atoms with Crippen LogP contribution in [0.1, 0.15) is 38.2 Å². The fourth-order valence-corrected chi connectivity index (χ4v) is 3.58. The van der Waals surface area contributed by atoms with Crippen LogP contribution in [0, 0.1) is 5.41 Å². The van der Waals surface area contributed by atoms with E-state index in [-0.39, 0.29) is 17.3 Å². The van der Waals surface area contributed by atoms with Crippen LogP contribution in [-0.2, 0) is 4.79 Å². The first-order valence-electron chi connectivity index (χ1n) is 7.83. The van der Waals surface area contributed by atoms with Gasteiger partial charge >= 0.3 is 0 Å². The van der Waals surface area contributed by atoms with Crippen molar-refractivity contribution in [2.75, 3.05) is 0 Å². The van der Waals surface area contributed by atoms with Crippen LogP contribution in [0.25, 0.3) is 6.08 Å². The molecule has 24 heavy (non-hydrogen) atoms. The number of carbonyl (C=O) groups is 1. The minimum atomic E-state index is -0.383. The number of fused-ring (bicyclic) bond motifs is 1. The molecule has 0 saturated heterocycles. The van der Waals surface area contributed by atoms with Crippen LogP contribution in [0.4, 0.5) is 0 Å². The molecule has 0 radical (unpaired) electrons. The number of hydrogen-bond acceptors (Lipinski definition) is 4. The molecule has 0 saturated carbocycles. The van der Waals surface area contributed by atoms with Gasteiger partial charge in [-0.15, -0.1) is 0 Å². The lowest BCUT2D eigenvalue weighted by atomic mass is 10.1. The Labute approximate surface area is 153 Å². The molecule has 3 rings (SSSR count). The molecule has 2 aliphatic heterocycles. The molecule has 124 valence electrons. The van der Waals surface area contributed by atoms with Crippen LogP contribution in [-0.4, -0.2) is 27.0 Å². The highest BCUT2D eigenvalue weighted by Gasteiger charge is 2.35. The molecule has 7 heteroatoms. The van der Waals surface area contributed by atoms with E-state index in [0.717, 1.165) is 40.8 Å². The predicted molar refractivity (Wildman–Crippen MR) is 103 cm³/mol. The van der Waals surface area contributed by atoms with E-state index in [1.807, 2.05) is 24.3 Å². The number of thioether (sulfide) groups is 1. The van der Waals surface area contributed by atoms with E-state index < -0.39 is 0 Å². The van der Waals surface area contributed by atoms with Gasteiger partial charge in [0, 0.05) is 4.47 Å². The Morgan fingerprint density at radius 2 is 2.04 bits per heavy atom. The largest absolute Gasteiger partial charge is 0.283 e. The summed E-state index contributed by atoms with van der Waals surface area (Å²) in [5, 5.41) is 15.7. The molecular formula is C17H17BrN4OS.